The van der Waals surface area contributed by atoms with E-state index in [1.165, 1.54) is 19.4 Å². The first kappa shape index (κ1) is 17.3. The zero-order chi connectivity index (χ0) is 17.5. The SMILES string of the molecule is COc1cc(/C=N\NC(=O)COc2ccc(C)cc2C)ccc1O. The van der Waals surface area contributed by atoms with E-state index in [1.807, 2.05) is 32.0 Å². The van der Waals surface area contributed by atoms with Gasteiger partial charge in [0, 0.05) is 0 Å². The van der Waals surface area contributed by atoms with Crippen LogP contribution in [-0.2, 0) is 4.79 Å². The van der Waals surface area contributed by atoms with Gasteiger partial charge in [-0.05, 0) is 49.2 Å². The Hall–Kier alpha value is -3.02. The smallest absolute Gasteiger partial charge is 0.277 e. The highest BCUT2D eigenvalue weighted by atomic mass is 16.5. The number of nitrogens with one attached hydrogen (secondary N) is 1. The van der Waals surface area contributed by atoms with Gasteiger partial charge in [-0.15, -0.1) is 0 Å². The van der Waals surface area contributed by atoms with E-state index in [4.69, 9.17) is 9.47 Å². The molecule has 0 atom stereocenters. The number of phenolic OH excluding ortho intramolecular Hbond substituents is 1. The molecular formula is C18H20N2O4. The molecule has 126 valence electrons. The summed E-state index contributed by atoms with van der Waals surface area (Å²) in [6.45, 7) is 3.80. The monoisotopic (exact) mass is 328 g/mol. The predicted octanol–water partition coefficient (Wildman–Crippen LogP) is 2.55. The van der Waals surface area contributed by atoms with Crippen LogP contribution in [0.25, 0.3) is 0 Å². The number of phenols is 1. The molecule has 0 saturated heterocycles. The summed E-state index contributed by atoms with van der Waals surface area (Å²) in [5.41, 5.74) is 5.18. The number of amides is 1. The number of hydrogen-bond donors (Lipinski definition) is 2. The fraction of sp³-hybridized carbons (Fsp3) is 0.222. The van der Waals surface area contributed by atoms with Gasteiger partial charge in [-0.3, -0.25) is 4.79 Å². The minimum atomic E-state index is -0.364. The van der Waals surface area contributed by atoms with Crippen LogP contribution in [0, 0.1) is 13.8 Å². The Morgan fingerprint density at radius 2 is 2.00 bits per heavy atom. The molecule has 2 N–H and O–H groups in total. The van der Waals surface area contributed by atoms with Crippen LogP contribution in [0.1, 0.15) is 16.7 Å². The van der Waals surface area contributed by atoms with Crippen LogP contribution in [0.15, 0.2) is 41.5 Å². The topological polar surface area (TPSA) is 80.2 Å². The Bertz CT molecular complexity index is 757. The lowest BCUT2D eigenvalue weighted by Gasteiger charge is -2.08. The molecule has 2 aromatic rings. The minimum absolute atomic E-state index is 0.0422. The summed E-state index contributed by atoms with van der Waals surface area (Å²) >= 11 is 0. The van der Waals surface area contributed by atoms with E-state index in [0.29, 0.717) is 17.1 Å². The lowest BCUT2D eigenvalue weighted by Crippen LogP contribution is -2.24. The number of carbonyl (C=O) groups is 1. The molecule has 0 saturated carbocycles. The van der Waals surface area contributed by atoms with Crippen LogP contribution in [0.2, 0.25) is 0 Å². The van der Waals surface area contributed by atoms with Crippen molar-refractivity contribution in [3.05, 3.63) is 53.1 Å². The minimum Gasteiger partial charge on any atom is -0.504 e. The van der Waals surface area contributed by atoms with E-state index in [-0.39, 0.29) is 18.3 Å². The summed E-state index contributed by atoms with van der Waals surface area (Å²) in [5, 5.41) is 13.4. The van der Waals surface area contributed by atoms with Gasteiger partial charge in [0.25, 0.3) is 5.91 Å². The highest BCUT2D eigenvalue weighted by Gasteiger charge is 2.04. The molecule has 0 unspecified atom stereocenters. The van der Waals surface area contributed by atoms with Crippen molar-refractivity contribution in [2.24, 2.45) is 5.10 Å². The quantitative estimate of drug-likeness (QED) is 0.631. The van der Waals surface area contributed by atoms with Gasteiger partial charge in [0.15, 0.2) is 18.1 Å². The lowest BCUT2D eigenvalue weighted by atomic mass is 10.1. The molecule has 0 aliphatic rings. The number of hydrogen-bond acceptors (Lipinski definition) is 5. The fourth-order valence-electron chi connectivity index (χ4n) is 2.09. The van der Waals surface area contributed by atoms with E-state index in [1.54, 1.807) is 12.1 Å². The Labute approximate surface area is 140 Å². The third-order valence-corrected chi connectivity index (χ3v) is 3.30. The zero-order valence-corrected chi connectivity index (χ0v) is 13.9. The van der Waals surface area contributed by atoms with Gasteiger partial charge in [-0.1, -0.05) is 17.7 Å². The van der Waals surface area contributed by atoms with E-state index in [0.717, 1.165) is 11.1 Å². The molecule has 0 radical (unpaired) electrons. The van der Waals surface area contributed by atoms with Crippen molar-refractivity contribution in [1.82, 2.24) is 5.43 Å². The third kappa shape index (κ3) is 4.74. The number of benzene rings is 2. The van der Waals surface area contributed by atoms with Crippen molar-refractivity contribution in [2.75, 3.05) is 13.7 Å². The largest absolute Gasteiger partial charge is 0.504 e. The summed E-state index contributed by atoms with van der Waals surface area (Å²) in [7, 11) is 1.46. The number of aryl methyl sites for hydroxylation is 2. The normalized spacial score (nSPS) is 10.6. The number of nitrogens with zero attached hydrogens (tertiary/aromatic N) is 1. The molecule has 0 aliphatic heterocycles. The number of ether oxygens (including phenoxy) is 2. The fourth-order valence-corrected chi connectivity index (χ4v) is 2.09. The highest BCUT2D eigenvalue weighted by Crippen LogP contribution is 2.25. The Morgan fingerprint density at radius 1 is 1.21 bits per heavy atom. The van der Waals surface area contributed by atoms with Crippen LogP contribution < -0.4 is 14.9 Å². The number of rotatable bonds is 6. The summed E-state index contributed by atoms with van der Waals surface area (Å²) in [6.07, 6.45) is 1.46. The molecule has 6 nitrogen and oxygen atoms in total. The predicted molar refractivity (Wildman–Crippen MR) is 91.8 cm³/mol. The first-order chi connectivity index (χ1) is 11.5. The number of hydrazone groups is 1. The van der Waals surface area contributed by atoms with E-state index >= 15 is 0 Å². The van der Waals surface area contributed by atoms with Crippen molar-refractivity contribution in [3.63, 3.8) is 0 Å². The second kappa shape index (κ2) is 8.01. The first-order valence-corrected chi connectivity index (χ1v) is 7.38. The van der Waals surface area contributed by atoms with Gasteiger partial charge in [0.2, 0.25) is 0 Å². The maximum Gasteiger partial charge on any atom is 0.277 e. The van der Waals surface area contributed by atoms with Gasteiger partial charge >= 0.3 is 0 Å². The molecule has 2 aromatic carbocycles. The maximum absolute atomic E-state index is 11.7. The Kier molecular flexibility index (Phi) is 5.78. The molecule has 0 heterocycles. The van der Waals surface area contributed by atoms with Crippen molar-refractivity contribution in [1.29, 1.82) is 0 Å². The Morgan fingerprint density at radius 3 is 2.71 bits per heavy atom. The summed E-state index contributed by atoms with van der Waals surface area (Å²) in [5.74, 6) is 0.684. The summed E-state index contributed by atoms with van der Waals surface area (Å²) < 4.78 is 10.5. The van der Waals surface area contributed by atoms with Gasteiger partial charge in [-0.2, -0.15) is 5.10 Å². The van der Waals surface area contributed by atoms with Crippen LogP contribution >= 0.6 is 0 Å². The summed E-state index contributed by atoms with van der Waals surface area (Å²) in [6, 6.07) is 10.5. The van der Waals surface area contributed by atoms with E-state index in [9.17, 15) is 9.90 Å². The third-order valence-electron chi connectivity index (χ3n) is 3.30. The zero-order valence-electron chi connectivity index (χ0n) is 13.9. The van der Waals surface area contributed by atoms with Gasteiger partial charge in [0.05, 0.1) is 13.3 Å². The number of methoxy groups -OCH3 is 1. The van der Waals surface area contributed by atoms with Crippen molar-refractivity contribution in [2.45, 2.75) is 13.8 Å². The maximum atomic E-state index is 11.7. The number of carbonyl (C=O) groups excluding carboxylic acids is 1. The molecule has 6 heteroatoms. The van der Waals surface area contributed by atoms with Crippen LogP contribution in [0.4, 0.5) is 0 Å². The molecule has 0 aliphatic carbocycles. The van der Waals surface area contributed by atoms with Crippen molar-refractivity contribution in [3.8, 4) is 17.2 Å². The van der Waals surface area contributed by atoms with Crippen LogP contribution in [0.3, 0.4) is 0 Å². The molecule has 0 spiro atoms. The average molecular weight is 328 g/mol. The summed E-state index contributed by atoms with van der Waals surface area (Å²) in [4.78, 5) is 11.7. The number of aromatic hydroxyl groups is 1. The van der Waals surface area contributed by atoms with Gasteiger partial charge in [0.1, 0.15) is 5.75 Å². The highest BCUT2D eigenvalue weighted by molar-refractivity contribution is 5.83. The second-order valence-corrected chi connectivity index (χ2v) is 5.28. The van der Waals surface area contributed by atoms with E-state index in [2.05, 4.69) is 10.5 Å². The van der Waals surface area contributed by atoms with Crippen LogP contribution in [0.5, 0.6) is 17.2 Å². The lowest BCUT2D eigenvalue weighted by molar-refractivity contribution is -0.123. The van der Waals surface area contributed by atoms with Gasteiger partial charge < -0.3 is 14.6 Å². The average Bonchev–Trinajstić information content (AvgIpc) is 2.55. The second-order valence-electron chi connectivity index (χ2n) is 5.28. The first-order valence-electron chi connectivity index (χ1n) is 7.38. The van der Waals surface area contributed by atoms with Gasteiger partial charge in [-0.25, -0.2) is 5.43 Å². The molecule has 0 aromatic heterocycles. The van der Waals surface area contributed by atoms with Crippen molar-refractivity contribution < 1.29 is 19.4 Å². The Balaban J connectivity index is 1.86. The van der Waals surface area contributed by atoms with Crippen molar-refractivity contribution >= 4 is 12.1 Å². The molecular weight excluding hydrogens is 308 g/mol. The standard InChI is InChI=1S/C18H20N2O4/c1-12-4-7-16(13(2)8-12)24-11-18(22)20-19-10-14-5-6-15(21)17(9-14)23-3/h4-10,21H,11H2,1-3H3,(H,20,22)/b19-10-. The van der Waals surface area contributed by atoms with Crippen LogP contribution in [-0.4, -0.2) is 30.9 Å². The molecule has 24 heavy (non-hydrogen) atoms. The molecule has 1 amide bonds. The molecule has 0 bridgehead atoms. The molecule has 0 fully saturated rings. The van der Waals surface area contributed by atoms with E-state index < -0.39 is 0 Å². The molecule has 2 rings (SSSR count).